The normalized spacial score (nSPS) is 15.8. The molecule has 1 aromatic heterocycles. The number of hydrogen-bond donors (Lipinski definition) is 0. The number of benzene rings is 1. The molecule has 1 atom stereocenters. The van der Waals surface area contributed by atoms with Crippen LogP contribution in [0.5, 0.6) is 0 Å². The highest BCUT2D eigenvalue weighted by atomic mass is 35.5. The van der Waals surface area contributed by atoms with E-state index >= 15 is 0 Å². The van der Waals surface area contributed by atoms with Crippen molar-refractivity contribution in [1.29, 1.82) is 5.26 Å². The van der Waals surface area contributed by atoms with Gasteiger partial charge < -0.3 is 14.6 Å². The molecule has 0 bridgehead atoms. The molecule has 0 N–H and O–H groups in total. The molecule has 0 aliphatic carbocycles. The maximum atomic E-state index is 13.1. The van der Waals surface area contributed by atoms with Crippen molar-refractivity contribution in [3.8, 4) is 6.07 Å². The average molecular weight is 417 g/mol. The summed E-state index contributed by atoms with van der Waals surface area (Å²) >= 11 is 7.42. The first kappa shape index (κ1) is 20.3. The maximum absolute atomic E-state index is 13.1. The van der Waals surface area contributed by atoms with Gasteiger partial charge in [-0.25, -0.2) is 0 Å². The Hall–Kier alpha value is -2.40. The number of hydrogen-bond acceptors (Lipinski definition) is 6. The Morgan fingerprint density at radius 1 is 1.29 bits per heavy atom. The summed E-state index contributed by atoms with van der Waals surface area (Å²) in [5, 5.41) is 13.1. The monoisotopic (exact) mass is 416 g/mol. The number of nitrogens with zero attached hydrogens (tertiary/aromatic N) is 4. The van der Waals surface area contributed by atoms with Crippen molar-refractivity contribution in [2.75, 3.05) is 27.2 Å². The van der Waals surface area contributed by atoms with Gasteiger partial charge in [-0.15, -0.1) is 11.3 Å². The summed E-state index contributed by atoms with van der Waals surface area (Å²) < 4.78 is 0.681. The van der Waals surface area contributed by atoms with Crippen LogP contribution in [0.15, 0.2) is 41.6 Å². The van der Waals surface area contributed by atoms with Gasteiger partial charge in [-0.2, -0.15) is 5.26 Å². The molecule has 1 amide bonds. The minimum atomic E-state index is -0.628. The summed E-state index contributed by atoms with van der Waals surface area (Å²) in [5.74, 6) is -0.0902. The predicted molar refractivity (Wildman–Crippen MR) is 110 cm³/mol. The number of carbonyl (C=O) groups excluding carboxylic acids is 1. The van der Waals surface area contributed by atoms with E-state index in [1.165, 1.54) is 11.3 Å². The number of oxime groups is 1. The summed E-state index contributed by atoms with van der Waals surface area (Å²) in [6.07, 6.45) is -0.196. The van der Waals surface area contributed by atoms with Crippen LogP contribution in [-0.4, -0.2) is 54.7 Å². The van der Waals surface area contributed by atoms with Gasteiger partial charge in [0, 0.05) is 26.1 Å². The van der Waals surface area contributed by atoms with Gasteiger partial charge in [-0.1, -0.05) is 28.9 Å². The van der Waals surface area contributed by atoms with Crippen molar-refractivity contribution in [3.05, 3.63) is 56.7 Å². The molecule has 0 spiro atoms. The van der Waals surface area contributed by atoms with Crippen molar-refractivity contribution in [1.82, 2.24) is 9.80 Å². The molecule has 0 saturated carbocycles. The van der Waals surface area contributed by atoms with Crippen molar-refractivity contribution >= 4 is 34.6 Å². The Balaban J connectivity index is 1.68. The zero-order chi connectivity index (χ0) is 20.1. The van der Waals surface area contributed by atoms with Crippen molar-refractivity contribution in [2.24, 2.45) is 5.16 Å². The fraction of sp³-hybridized carbons (Fsp3) is 0.350. The summed E-state index contributed by atoms with van der Waals surface area (Å²) in [4.78, 5) is 23.3. The quantitative estimate of drug-likeness (QED) is 0.694. The van der Waals surface area contributed by atoms with E-state index in [0.29, 0.717) is 29.4 Å². The van der Waals surface area contributed by atoms with Crippen molar-refractivity contribution in [3.63, 3.8) is 0 Å². The zero-order valence-electron chi connectivity index (χ0n) is 15.8. The molecule has 2 aromatic rings. The molecule has 1 unspecified atom stereocenters. The molecule has 0 saturated heterocycles. The summed E-state index contributed by atoms with van der Waals surface area (Å²) in [6, 6.07) is 13.1. The molecule has 8 heteroatoms. The lowest BCUT2D eigenvalue weighted by Crippen LogP contribution is -2.42. The van der Waals surface area contributed by atoms with Gasteiger partial charge in [0.25, 0.3) is 5.91 Å². The van der Waals surface area contributed by atoms with Crippen LogP contribution in [0, 0.1) is 11.3 Å². The molecule has 2 heterocycles. The standard InChI is InChI=1S/C20H21ClN4O2S/c1-24(2)9-10-25(13-15-5-3-14(12-22)4-6-15)20(26)17-11-16(23-27-17)18-7-8-19(21)28-18/h3-8,17H,9-11,13H2,1-2H3. The smallest absolute Gasteiger partial charge is 0.267 e. The fourth-order valence-electron chi connectivity index (χ4n) is 2.82. The lowest BCUT2D eigenvalue weighted by molar-refractivity contribution is -0.142. The molecular formula is C20H21ClN4O2S. The minimum Gasteiger partial charge on any atom is -0.382 e. The molecule has 28 heavy (non-hydrogen) atoms. The van der Waals surface area contributed by atoms with Crippen LogP contribution in [0.4, 0.5) is 0 Å². The van der Waals surface area contributed by atoms with E-state index in [4.69, 9.17) is 21.7 Å². The molecule has 6 nitrogen and oxygen atoms in total. The second-order valence-electron chi connectivity index (χ2n) is 6.81. The number of carbonyl (C=O) groups is 1. The number of likely N-dealkylation sites (N-methyl/N-ethyl adjacent to an activating group) is 1. The second kappa shape index (κ2) is 9.20. The zero-order valence-corrected chi connectivity index (χ0v) is 17.3. The third-order valence-corrected chi connectivity index (χ3v) is 5.67. The van der Waals surface area contributed by atoms with E-state index in [2.05, 4.69) is 11.2 Å². The Bertz CT molecular complexity index is 902. The first-order valence-electron chi connectivity index (χ1n) is 8.87. The number of amides is 1. The SMILES string of the molecule is CN(C)CCN(Cc1ccc(C#N)cc1)C(=O)C1CC(c2ccc(Cl)s2)=NO1. The van der Waals surface area contributed by atoms with Gasteiger partial charge in [-0.05, 0) is 43.9 Å². The first-order valence-corrected chi connectivity index (χ1v) is 10.1. The van der Waals surface area contributed by atoms with Crippen molar-refractivity contribution < 1.29 is 9.63 Å². The van der Waals surface area contributed by atoms with Crippen LogP contribution in [-0.2, 0) is 16.2 Å². The Labute approximate surface area is 173 Å². The third kappa shape index (κ3) is 5.10. The predicted octanol–water partition coefficient (Wildman–Crippen LogP) is 3.36. The minimum absolute atomic E-state index is 0.0902. The van der Waals surface area contributed by atoms with E-state index in [1.54, 1.807) is 17.0 Å². The number of halogens is 1. The summed E-state index contributed by atoms with van der Waals surface area (Å²) in [7, 11) is 3.94. The van der Waals surface area contributed by atoms with E-state index < -0.39 is 6.10 Å². The number of rotatable bonds is 7. The third-order valence-electron chi connectivity index (χ3n) is 4.39. The maximum Gasteiger partial charge on any atom is 0.267 e. The van der Waals surface area contributed by atoms with Gasteiger partial charge in [0.05, 0.1) is 20.8 Å². The molecule has 3 rings (SSSR count). The van der Waals surface area contributed by atoms with Gasteiger partial charge in [0.2, 0.25) is 6.10 Å². The number of thiophene rings is 1. The van der Waals surface area contributed by atoms with Crippen LogP contribution in [0.1, 0.15) is 22.4 Å². The summed E-state index contributed by atoms with van der Waals surface area (Å²) in [5.41, 5.74) is 2.32. The molecule has 146 valence electrons. The van der Waals surface area contributed by atoms with Gasteiger partial charge in [0.15, 0.2) is 0 Å². The Morgan fingerprint density at radius 2 is 2.04 bits per heavy atom. The topological polar surface area (TPSA) is 68.9 Å². The fourth-order valence-corrected chi connectivity index (χ4v) is 3.85. The Kier molecular flexibility index (Phi) is 6.68. The van der Waals surface area contributed by atoms with E-state index in [-0.39, 0.29) is 5.91 Å². The van der Waals surface area contributed by atoms with Crippen LogP contribution in [0.2, 0.25) is 4.34 Å². The van der Waals surface area contributed by atoms with E-state index in [1.807, 2.05) is 43.3 Å². The molecular weight excluding hydrogens is 396 g/mol. The molecule has 1 aromatic carbocycles. The van der Waals surface area contributed by atoms with Gasteiger partial charge in [-0.3, -0.25) is 4.79 Å². The molecule has 0 fully saturated rings. The van der Waals surface area contributed by atoms with Crippen LogP contribution in [0.25, 0.3) is 0 Å². The molecule has 1 aliphatic heterocycles. The van der Waals surface area contributed by atoms with Crippen molar-refractivity contribution in [2.45, 2.75) is 19.1 Å². The lowest BCUT2D eigenvalue weighted by atomic mass is 10.1. The van der Waals surface area contributed by atoms with E-state index in [9.17, 15) is 4.79 Å². The number of nitriles is 1. The molecule has 0 radical (unpaired) electrons. The second-order valence-corrected chi connectivity index (χ2v) is 8.53. The van der Waals surface area contributed by atoms with Gasteiger partial charge >= 0.3 is 0 Å². The Morgan fingerprint density at radius 3 is 2.64 bits per heavy atom. The van der Waals surface area contributed by atoms with Crippen LogP contribution >= 0.6 is 22.9 Å². The average Bonchev–Trinajstić information content (AvgIpc) is 3.34. The van der Waals surface area contributed by atoms with Crippen LogP contribution < -0.4 is 0 Å². The largest absolute Gasteiger partial charge is 0.382 e. The van der Waals surface area contributed by atoms with Crippen LogP contribution in [0.3, 0.4) is 0 Å². The van der Waals surface area contributed by atoms with E-state index in [0.717, 1.165) is 22.7 Å². The summed E-state index contributed by atoms with van der Waals surface area (Å²) in [6.45, 7) is 1.77. The van der Waals surface area contributed by atoms with Gasteiger partial charge in [0.1, 0.15) is 5.71 Å². The highest BCUT2D eigenvalue weighted by molar-refractivity contribution is 7.18. The first-order chi connectivity index (χ1) is 13.5. The highest BCUT2D eigenvalue weighted by Gasteiger charge is 2.33. The molecule has 1 aliphatic rings. The lowest BCUT2D eigenvalue weighted by Gasteiger charge is -2.26. The highest BCUT2D eigenvalue weighted by Crippen LogP contribution is 2.27.